The van der Waals surface area contributed by atoms with E-state index in [1.807, 2.05) is 11.8 Å². The van der Waals surface area contributed by atoms with Crippen LogP contribution >= 0.6 is 0 Å². The van der Waals surface area contributed by atoms with Crippen molar-refractivity contribution in [1.82, 2.24) is 9.80 Å². The average Bonchev–Trinajstić information content (AvgIpc) is 2.95. The highest BCUT2D eigenvalue weighted by atomic mass is 16.2. The van der Waals surface area contributed by atoms with Gasteiger partial charge in [-0.1, -0.05) is 6.92 Å². The number of nitrogens with zero attached hydrogens (tertiary/aromatic N) is 2. The normalized spacial score (nSPS) is 32.1. The van der Waals surface area contributed by atoms with Gasteiger partial charge < -0.3 is 10.6 Å². The minimum atomic E-state index is 0.00611. The van der Waals surface area contributed by atoms with Crippen LogP contribution in [0.3, 0.4) is 0 Å². The first-order chi connectivity index (χ1) is 8.15. The number of hydrogen-bond donors (Lipinski definition) is 1. The van der Waals surface area contributed by atoms with E-state index in [2.05, 4.69) is 11.8 Å². The molecule has 0 radical (unpaired) electrons. The number of carbonyl (C=O) groups excluding carboxylic acids is 1. The fourth-order valence-corrected chi connectivity index (χ4v) is 3.23. The molecule has 1 amide bonds. The molecule has 2 heterocycles. The van der Waals surface area contributed by atoms with Crippen LogP contribution in [0.5, 0.6) is 0 Å². The second-order valence-electron chi connectivity index (χ2n) is 5.52. The summed E-state index contributed by atoms with van der Waals surface area (Å²) in [6, 6.07) is 0.392. The van der Waals surface area contributed by atoms with Gasteiger partial charge in [0.2, 0.25) is 5.91 Å². The molecule has 0 bridgehead atoms. The van der Waals surface area contributed by atoms with Crippen molar-refractivity contribution in [2.45, 2.75) is 45.2 Å². The third kappa shape index (κ3) is 2.47. The van der Waals surface area contributed by atoms with E-state index in [1.165, 1.54) is 6.42 Å². The van der Waals surface area contributed by atoms with Crippen molar-refractivity contribution < 1.29 is 4.79 Å². The minimum Gasteiger partial charge on any atom is -0.341 e. The molecule has 0 aliphatic carbocycles. The number of rotatable bonds is 3. The fourth-order valence-electron chi connectivity index (χ4n) is 3.23. The summed E-state index contributed by atoms with van der Waals surface area (Å²) in [6.45, 7) is 7.86. The zero-order chi connectivity index (χ0) is 12.4. The molecule has 3 unspecified atom stereocenters. The molecule has 0 spiro atoms. The molecule has 2 fully saturated rings. The SMILES string of the molecule is CC1CCN(C(C)C(=O)N2CCCC2)C1CN. The molecule has 3 atom stereocenters. The molecule has 0 aromatic heterocycles. The van der Waals surface area contributed by atoms with Crippen molar-refractivity contribution in [1.29, 1.82) is 0 Å². The zero-order valence-corrected chi connectivity index (χ0v) is 11.1. The van der Waals surface area contributed by atoms with Crippen molar-refractivity contribution in [3.05, 3.63) is 0 Å². The number of amides is 1. The first-order valence-electron chi connectivity index (χ1n) is 6.89. The summed E-state index contributed by atoms with van der Waals surface area (Å²) in [7, 11) is 0. The van der Waals surface area contributed by atoms with Gasteiger partial charge in [-0.2, -0.15) is 0 Å². The van der Waals surface area contributed by atoms with Crippen molar-refractivity contribution >= 4 is 5.91 Å². The maximum absolute atomic E-state index is 12.3. The molecule has 98 valence electrons. The maximum atomic E-state index is 12.3. The molecule has 4 nitrogen and oxygen atoms in total. The molecule has 17 heavy (non-hydrogen) atoms. The van der Waals surface area contributed by atoms with Gasteiger partial charge in [0.1, 0.15) is 0 Å². The number of nitrogens with two attached hydrogens (primary N) is 1. The zero-order valence-electron chi connectivity index (χ0n) is 11.1. The van der Waals surface area contributed by atoms with E-state index in [-0.39, 0.29) is 6.04 Å². The molecule has 2 rings (SSSR count). The standard InChI is InChI=1S/C13H25N3O/c1-10-5-8-16(12(10)9-14)11(2)13(17)15-6-3-4-7-15/h10-12H,3-9,14H2,1-2H3. The van der Waals surface area contributed by atoms with Gasteiger partial charge in [-0.05, 0) is 38.6 Å². The predicted molar refractivity (Wildman–Crippen MR) is 68.6 cm³/mol. The highest BCUT2D eigenvalue weighted by molar-refractivity contribution is 5.81. The smallest absolute Gasteiger partial charge is 0.239 e. The van der Waals surface area contributed by atoms with Gasteiger partial charge in [0.15, 0.2) is 0 Å². The largest absolute Gasteiger partial charge is 0.341 e. The van der Waals surface area contributed by atoms with Crippen molar-refractivity contribution in [2.24, 2.45) is 11.7 Å². The molecule has 0 aromatic rings. The van der Waals surface area contributed by atoms with E-state index in [0.29, 0.717) is 24.4 Å². The number of hydrogen-bond acceptors (Lipinski definition) is 3. The topological polar surface area (TPSA) is 49.6 Å². The first kappa shape index (κ1) is 12.8. The van der Waals surface area contributed by atoms with Crippen LogP contribution in [0.15, 0.2) is 0 Å². The summed E-state index contributed by atoms with van der Waals surface area (Å²) >= 11 is 0. The van der Waals surface area contributed by atoms with Crippen LogP contribution in [0.1, 0.15) is 33.1 Å². The van der Waals surface area contributed by atoms with Gasteiger partial charge >= 0.3 is 0 Å². The van der Waals surface area contributed by atoms with E-state index in [0.717, 1.165) is 32.5 Å². The second-order valence-corrected chi connectivity index (χ2v) is 5.52. The number of carbonyl (C=O) groups is 1. The van der Waals surface area contributed by atoms with Gasteiger partial charge in [0, 0.05) is 25.7 Å². The highest BCUT2D eigenvalue weighted by Crippen LogP contribution is 2.26. The van der Waals surface area contributed by atoms with Crippen molar-refractivity contribution in [2.75, 3.05) is 26.2 Å². The highest BCUT2D eigenvalue weighted by Gasteiger charge is 2.37. The summed E-state index contributed by atoms with van der Waals surface area (Å²) < 4.78 is 0. The quantitative estimate of drug-likeness (QED) is 0.787. The minimum absolute atomic E-state index is 0.00611. The van der Waals surface area contributed by atoms with Crippen LogP contribution in [0.25, 0.3) is 0 Å². The third-order valence-corrected chi connectivity index (χ3v) is 4.44. The van der Waals surface area contributed by atoms with Crippen molar-refractivity contribution in [3.8, 4) is 0 Å². The lowest BCUT2D eigenvalue weighted by Gasteiger charge is -2.32. The monoisotopic (exact) mass is 239 g/mol. The Kier molecular flexibility index (Phi) is 4.05. The summed E-state index contributed by atoms with van der Waals surface area (Å²) in [5.74, 6) is 0.920. The Morgan fingerprint density at radius 1 is 1.35 bits per heavy atom. The Balaban J connectivity index is 1.98. The number of likely N-dealkylation sites (tertiary alicyclic amines) is 2. The Labute approximate surface area is 104 Å². The van der Waals surface area contributed by atoms with Crippen LogP contribution in [0.4, 0.5) is 0 Å². The van der Waals surface area contributed by atoms with E-state index in [4.69, 9.17) is 5.73 Å². The van der Waals surface area contributed by atoms with Crippen LogP contribution in [0.2, 0.25) is 0 Å². The molecule has 2 N–H and O–H groups in total. The molecule has 2 aliphatic rings. The summed E-state index contributed by atoms with van der Waals surface area (Å²) in [5, 5.41) is 0. The van der Waals surface area contributed by atoms with Crippen LogP contribution in [-0.2, 0) is 4.79 Å². The average molecular weight is 239 g/mol. The predicted octanol–water partition coefficient (Wildman–Crippen LogP) is 0.666. The van der Waals surface area contributed by atoms with E-state index < -0.39 is 0 Å². The van der Waals surface area contributed by atoms with Gasteiger partial charge in [-0.25, -0.2) is 0 Å². The Morgan fingerprint density at radius 2 is 2.00 bits per heavy atom. The summed E-state index contributed by atoms with van der Waals surface area (Å²) in [5.41, 5.74) is 5.84. The fraction of sp³-hybridized carbons (Fsp3) is 0.923. The van der Waals surface area contributed by atoms with Gasteiger partial charge in [-0.15, -0.1) is 0 Å². The molecule has 4 heteroatoms. The van der Waals surface area contributed by atoms with Crippen LogP contribution < -0.4 is 5.73 Å². The molecule has 2 aliphatic heterocycles. The van der Waals surface area contributed by atoms with Gasteiger partial charge in [0.05, 0.1) is 6.04 Å². The summed E-state index contributed by atoms with van der Waals surface area (Å²) in [6.07, 6.45) is 3.49. The lowest BCUT2D eigenvalue weighted by molar-refractivity contribution is -0.135. The lowest BCUT2D eigenvalue weighted by atomic mass is 10.0. The van der Waals surface area contributed by atoms with Gasteiger partial charge in [-0.3, -0.25) is 9.69 Å². The third-order valence-electron chi connectivity index (χ3n) is 4.44. The molecular formula is C13H25N3O. The molecular weight excluding hydrogens is 214 g/mol. The molecule has 2 saturated heterocycles. The van der Waals surface area contributed by atoms with Gasteiger partial charge in [0.25, 0.3) is 0 Å². The Morgan fingerprint density at radius 3 is 2.59 bits per heavy atom. The maximum Gasteiger partial charge on any atom is 0.239 e. The van der Waals surface area contributed by atoms with E-state index in [1.54, 1.807) is 0 Å². The molecule has 0 aromatic carbocycles. The first-order valence-corrected chi connectivity index (χ1v) is 6.89. The van der Waals surface area contributed by atoms with Crippen LogP contribution in [0, 0.1) is 5.92 Å². The van der Waals surface area contributed by atoms with Crippen LogP contribution in [-0.4, -0.2) is 54.0 Å². The Hall–Kier alpha value is -0.610. The van der Waals surface area contributed by atoms with Crippen molar-refractivity contribution in [3.63, 3.8) is 0 Å². The Bertz CT molecular complexity index is 276. The lowest BCUT2D eigenvalue weighted by Crippen LogP contribution is -2.50. The second kappa shape index (κ2) is 5.36. The van der Waals surface area contributed by atoms with E-state index in [9.17, 15) is 4.79 Å². The molecule has 0 saturated carbocycles. The van der Waals surface area contributed by atoms with E-state index >= 15 is 0 Å². The summed E-state index contributed by atoms with van der Waals surface area (Å²) in [4.78, 5) is 16.7.